The van der Waals surface area contributed by atoms with E-state index in [2.05, 4.69) is 10.2 Å². The van der Waals surface area contributed by atoms with Gasteiger partial charge in [-0.3, -0.25) is 9.59 Å². The number of fused-ring (bicyclic) bond motifs is 1. The fraction of sp³-hybridized carbons (Fsp3) is 0.462. The van der Waals surface area contributed by atoms with Crippen molar-refractivity contribution in [2.24, 2.45) is 0 Å². The summed E-state index contributed by atoms with van der Waals surface area (Å²) in [6.07, 6.45) is 1.30. The van der Waals surface area contributed by atoms with Crippen LogP contribution in [0.2, 0.25) is 0 Å². The van der Waals surface area contributed by atoms with E-state index in [9.17, 15) is 14.7 Å². The lowest BCUT2D eigenvalue weighted by Gasteiger charge is -2.41. The van der Waals surface area contributed by atoms with Crippen molar-refractivity contribution in [3.8, 4) is 5.75 Å². The summed E-state index contributed by atoms with van der Waals surface area (Å²) in [6.45, 7) is 5.91. The maximum absolute atomic E-state index is 12.6. The largest absolute Gasteiger partial charge is 0.490 e. The average molecular weight is 437 g/mol. The number of Topliss-reactive ketones (excluding diaryl/α,β-unsaturated/α-hetero) is 1. The number of nitrogens with zero attached hydrogens (tertiary/aromatic N) is 1. The molecule has 2 unspecified atom stereocenters. The van der Waals surface area contributed by atoms with Crippen molar-refractivity contribution >= 4 is 17.4 Å². The van der Waals surface area contributed by atoms with Crippen LogP contribution in [0.1, 0.15) is 50.2 Å². The predicted octanol–water partition coefficient (Wildman–Crippen LogP) is 3.49. The van der Waals surface area contributed by atoms with Crippen LogP contribution >= 0.6 is 0 Å². The number of amides is 1. The lowest BCUT2D eigenvalue weighted by molar-refractivity contribution is -0.124. The molecule has 170 valence electrons. The zero-order valence-electron chi connectivity index (χ0n) is 18.8. The molecule has 1 amide bonds. The van der Waals surface area contributed by atoms with Gasteiger partial charge in [-0.25, -0.2) is 0 Å². The second-order valence-corrected chi connectivity index (χ2v) is 9.14. The van der Waals surface area contributed by atoms with Gasteiger partial charge in [0.15, 0.2) is 0 Å². The molecule has 4 rings (SSSR count). The minimum absolute atomic E-state index is 0.0180. The number of aliphatic hydroxyl groups excluding tert-OH is 1. The van der Waals surface area contributed by atoms with Crippen LogP contribution in [0.15, 0.2) is 48.5 Å². The van der Waals surface area contributed by atoms with Gasteiger partial charge in [-0.15, -0.1) is 0 Å². The van der Waals surface area contributed by atoms with Crippen molar-refractivity contribution in [2.45, 2.75) is 50.5 Å². The van der Waals surface area contributed by atoms with E-state index in [4.69, 9.17) is 4.74 Å². The molecule has 2 aromatic rings. The minimum atomic E-state index is -0.638. The summed E-state index contributed by atoms with van der Waals surface area (Å²) in [5, 5.41) is 13.5. The molecular weight excluding hydrogens is 404 g/mol. The van der Waals surface area contributed by atoms with Gasteiger partial charge in [0.25, 0.3) is 0 Å². The number of carbonyl (C=O) groups is 2. The van der Waals surface area contributed by atoms with Crippen LogP contribution in [0.4, 0.5) is 5.69 Å². The number of hydrogen-bond donors (Lipinski definition) is 2. The highest BCUT2D eigenvalue weighted by atomic mass is 16.5. The van der Waals surface area contributed by atoms with E-state index >= 15 is 0 Å². The zero-order valence-corrected chi connectivity index (χ0v) is 18.8. The van der Waals surface area contributed by atoms with Crippen molar-refractivity contribution < 1.29 is 19.4 Å². The van der Waals surface area contributed by atoms with E-state index in [1.54, 1.807) is 6.92 Å². The number of β-amino-alcohol motifs (C(OH)–C–C–N with tert-alkyl or cyclic N) is 1. The Morgan fingerprint density at radius 1 is 1.19 bits per heavy atom. The van der Waals surface area contributed by atoms with E-state index in [1.807, 2.05) is 55.5 Å². The minimum Gasteiger partial charge on any atom is -0.490 e. The van der Waals surface area contributed by atoms with E-state index in [1.165, 1.54) is 0 Å². The Hall–Kier alpha value is -2.70. The number of ether oxygens (including phenoxy) is 1. The SMILES string of the molecule is CC(=O)C1(c2ccccc2)CCN(CC(O)COc2cccc3c2C(C)CC(=O)N3)CC1. The molecule has 2 heterocycles. The molecule has 2 aliphatic rings. The molecule has 2 N–H and O–H groups in total. The highest BCUT2D eigenvalue weighted by molar-refractivity contribution is 5.95. The second-order valence-electron chi connectivity index (χ2n) is 9.14. The number of hydrogen-bond acceptors (Lipinski definition) is 5. The van der Waals surface area contributed by atoms with Gasteiger partial charge in [0.05, 0.1) is 5.41 Å². The molecular formula is C26H32N2O4. The van der Waals surface area contributed by atoms with Crippen LogP contribution in [0, 0.1) is 0 Å². The van der Waals surface area contributed by atoms with Gasteiger partial charge in [0.1, 0.15) is 24.2 Å². The first-order valence-corrected chi connectivity index (χ1v) is 11.4. The summed E-state index contributed by atoms with van der Waals surface area (Å²) in [5.74, 6) is 1.02. The number of carbonyl (C=O) groups excluding carboxylic acids is 2. The molecule has 2 atom stereocenters. The summed E-state index contributed by atoms with van der Waals surface area (Å²) < 4.78 is 5.98. The zero-order chi connectivity index (χ0) is 22.7. The van der Waals surface area contributed by atoms with Gasteiger partial charge >= 0.3 is 0 Å². The van der Waals surface area contributed by atoms with Crippen LogP contribution in [0.3, 0.4) is 0 Å². The second kappa shape index (κ2) is 9.43. The first-order valence-electron chi connectivity index (χ1n) is 11.4. The van der Waals surface area contributed by atoms with Gasteiger partial charge in [-0.1, -0.05) is 43.3 Å². The molecule has 2 aromatic carbocycles. The van der Waals surface area contributed by atoms with Crippen molar-refractivity contribution in [1.82, 2.24) is 4.90 Å². The third-order valence-corrected chi connectivity index (χ3v) is 6.93. The van der Waals surface area contributed by atoms with Crippen LogP contribution < -0.4 is 10.1 Å². The van der Waals surface area contributed by atoms with Gasteiger partial charge < -0.3 is 20.1 Å². The Morgan fingerprint density at radius 2 is 1.91 bits per heavy atom. The van der Waals surface area contributed by atoms with E-state index in [0.29, 0.717) is 18.7 Å². The highest BCUT2D eigenvalue weighted by Gasteiger charge is 2.40. The highest BCUT2D eigenvalue weighted by Crippen LogP contribution is 2.39. The van der Waals surface area contributed by atoms with Crippen molar-refractivity contribution in [3.63, 3.8) is 0 Å². The number of ketones is 1. The smallest absolute Gasteiger partial charge is 0.224 e. The van der Waals surface area contributed by atoms with Crippen LogP contribution in [-0.4, -0.2) is 54.0 Å². The molecule has 0 radical (unpaired) electrons. The number of piperidine rings is 1. The quantitative estimate of drug-likeness (QED) is 0.695. The Balaban J connectivity index is 1.34. The van der Waals surface area contributed by atoms with Crippen molar-refractivity contribution in [1.29, 1.82) is 0 Å². The number of nitrogens with one attached hydrogen (secondary N) is 1. The van der Waals surface area contributed by atoms with Gasteiger partial charge in [-0.2, -0.15) is 0 Å². The number of aliphatic hydroxyl groups is 1. The number of anilines is 1. The summed E-state index contributed by atoms with van der Waals surface area (Å²) in [7, 11) is 0. The Kier molecular flexibility index (Phi) is 6.63. The van der Waals surface area contributed by atoms with Crippen molar-refractivity contribution in [2.75, 3.05) is 31.6 Å². The van der Waals surface area contributed by atoms with Crippen LogP contribution in [0.25, 0.3) is 0 Å². The van der Waals surface area contributed by atoms with E-state index < -0.39 is 11.5 Å². The predicted molar refractivity (Wildman–Crippen MR) is 124 cm³/mol. The van der Waals surface area contributed by atoms with E-state index in [0.717, 1.165) is 42.7 Å². The molecule has 1 saturated heterocycles. The standard InChI is InChI=1S/C26H32N2O4/c1-18-15-24(31)27-22-9-6-10-23(25(18)22)32-17-21(30)16-28-13-11-26(12-14-28,19(2)29)20-7-4-3-5-8-20/h3-10,18,21,30H,11-17H2,1-2H3,(H,27,31). The van der Waals surface area contributed by atoms with Gasteiger partial charge in [-0.05, 0) is 56.5 Å². The Labute approximate surface area is 189 Å². The average Bonchev–Trinajstić information content (AvgIpc) is 2.78. The molecule has 0 spiro atoms. The third kappa shape index (κ3) is 4.57. The topological polar surface area (TPSA) is 78.9 Å². The fourth-order valence-electron chi connectivity index (χ4n) is 5.12. The lowest BCUT2D eigenvalue weighted by Crippen LogP contribution is -2.48. The summed E-state index contributed by atoms with van der Waals surface area (Å²) in [6, 6.07) is 15.7. The van der Waals surface area contributed by atoms with Gasteiger partial charge in [0, 0.05) is 24.2 Å². The molecule has 0 bridgehead atoms. The number of rotatable bonds is 7. The molecule has 0 aliphatic carbocycles. The molecule has 1 fully saturated rings. The molecule has 2 aliphatic heterocycles. The van der Waals surface area contributed by atoms with Crippen LogP contribution in [-0.2, 0) is 15.0 Å². The van der Waals surface area contributed by atoms with Crippen molar-refractivity contribution in [3.05, 3.63) is 59.7 Å². The fourth-order valence-corrected chi connectivity index (χ4v) is 5.12. The molecule has 0 aromatic heterocycles. The maximum Gasteiger partial charge on any atom is 0.224 e. The molecule has 6 nitrogen and oxygen atoms in total. The summed E-state index contributed by atoms with van der Waals surface area (Å²) in [4.78, 5) is 26.6. The molecule has 6 heteroatoms. The molecule has 0 saturated carbocycles. The number of likely N-dealkylation sites (tertiary alicyclic amines) is 1. The maximum atomic E-state index is 12.6. The summed E-state index contributed by atoms with van der Waals surface area (Å²) >= 11 is 0. The Bertz CT molecular complexity index is 967. The van der Waals surface area contributed by atoms with Crippen LogP contribution in [0.5, 0.6) is 5.75 Å². The van der Waals surface area contributed by atoms with Gasteiger partial charge in [0.2, 0.25) is 5.91 Å². The molecule has 32 heavy (non-hydrogen) atoms. The monoisotopic (exact) mass is 436 g/mol. The Morgan fingerprint density at radius 3 is 2.59 bits per heavy atom. The number of benzene rings is 2. The lowest BCUT2D eigenvalue weighted by atomic mass is 9.70. The summed E-state index contributed by atoms with van der Waals surface area (Å²) in [5.41, 5.74) is 2.44. The normalized spacial score (nSPS) is 21.3. The third-order valence-electron chi connectivity index (χ3n) is 6.93. The first kappa shape index (κ1) is 22.5. The van der Waals surface area contributed by atoms with E-state index in [-0.39, 0.29) is 24.2 Å². The first-order chi connectivity index (χ1) is 15.4.